The summed E-state index contributed by atoms with van der Waals surface area (Å²) in [5, 5.41) is 11.2. The van der Waals surface area contributed by atoms with Crippen LogP contribution in [0.4, 0.5) is 0 Å². The third-order valence-corrected chi connectivity index (χ3v) is 9.18. The molecule has 0 spiro atoms. The Morgan fingerprint density at radius 3 is 1.60 bits per heavy atom. The van der Waals surface area contributed by atoms with E-state index in [2.05, 4.69) is 83.4 Å². The maximum Gasteiger partial charge on any atom is 0.221 e. The minimum atomic E-state index is 0.0942. The van der Waals surface area contributed by atoms with Gasteiger partial charge in [-0.15, -0.1) is 0 Å². The van der Waals surface area contributed by atoms with Gasteiger partial charge in [-0.2, -0.15) is 0 Å². The Balaban J connectivity index is 1.11. The molecule has 0 aliphatic heterocycles. The molecule has 6 heteroatoms. The van der Waals surface area contributed by atoms with Crippen LogP contribution in [0.2, 0.25) is 0 Å². The van der Waals surface area contributed by atoms with E-state index < -0.39 is 0 Å². The van der Waals surface area contributed by atoms with E-state index in [1.165, 1.54) is 0 Å². The van der Waals surface area contributed by atoms with Crippen LogP contribution in [0, 0.1) is 5.41 Å². The van der Waals surface area contributed by atoms with Gasteiger partial charge < -0.3 is 9.30 Å². The molecule has 0 atom stereocenters. The van der Waals surface area contributed by atoms with Crippen LogP contribution in [0.3, 0.4) is 0 Å². The van der Waals surface area contributed by atoms with Gasteiger partial charge in [0.25, 0.3) is 0 Å². The molecule has 0 radical (unpaired) electrons. The largest absolute Gasteiger partial charge is 0.439 e. The van der Waals surface area contributed by atoms with Crippen LogP contribution >= 0.6 is 0 Å². The monoisotopic (exact) mass is 669 g/mol. The molecular weight excluding hydrogens is 639 g/mol. The van der Waals surface area contributed by atoms with Crippen molar-refractivity contribution < 1.29 is 4.74 Å². The minimum absolute atomic E-state index is 0.0942. The van der Waals surface area contributed by atoms with E-state index in [1.807, 2.05) is 103 Å². The van der Waals surface area contributed by atoms with Crippen molar-refractivity contribution in [2.45, 2.75) is 0 Å². The molecule has 0 aliphatic carbocycles. The van der Waals surface area contributed by atoms with E-state index in [4.69, 9.17) is 25.1 Å². The van der Waals surface area contributed by atoms with Crippen molar-refractivity contribution in [3.63, 3.8) is 0 Å². The topological polar surface area (TPSA) is 76.7 Å². The lowest BCUT2D eigenvalue weighted by molar-refractivity contribution is 0.548. The molecule has 0 bridgehead atoms. The lowest BCUT2D eigenvalue weighted by Crippen LogP contribution is -2.10. The predicted octanol–water partition coefficient (Wildman–Crippen LogP) is 11.0. The Morgan fingerprint density at radius 2 is 0.942 bits per heavy atom. The fourth-order valence-corrected chi connectivity index (χ4v) is 6.71. The Labute approximate surface area is 300 Å². The number of rotatable bonds is 7. The summed E-state index contributed by atoms with van der Waals surface area (Å²) < 4.78 is 8.29. The smallest absolute Gasteiger partial charge is 0.221 e. The highest BCUT2D eigenvalue weighted by Crippen LogP contribution is 2.36. The molecule has 0 unspecified atom stereocenters. The molecule has 1 N–H and O–H groups in total. The van der Waals surface area contributed by atoms with Crippen LogP contribution in [-0.2, 0) is 0 Å². The number of hydrogen-bond donors (Lipinski definition) is 1. The minimum Gasteiger partial charge on any atom is -0.439 e. The van der Waals surface area contributed by atoms with Crippen LogP contribution < -0.4 is 4.74 Å². The number of aromatic nitrogens is 4. The first-order valence-electron chi connectivity index (χ1n) is 17.1. The summed E-state index contributed by atoms with van der Waals surface area (Å²) in [6.45, 7) is 0. The lowest BCUT2D eigenvalue weighted by Gasteiger charge is -2.14. The van der Waals surface area contributed by atoms with Gasteiger partial charge >= 0.3 is 0 Å². The second-order valence-corrected chi connectivity index (χ2v) is 12.5. The van der Waals surface area contributed by atoms with Crippen molar-refractivity contribution >= 4 is 27.7 Å². The van der Waals surface area contributed by atoms with Gasteiger partial charge in [0.15, 0.2) is 17.5 Å². The highest BCUT2D eigenvalue weighted by Gasteiger charge is 2.19. The summed E-state index contributed by atoms with van der Waals surface area (Å²) >= 11 is 0. The van der Waals surface area contributed by atoms with Gasteiger partial charge in [0.2, 0.25) is 5.90 Å². The van der Waals surface area contributed by atoms with E-state index in [-0.39, 0.29) is 5.90 Å². The average molecular weight is 670 g/mol. The molecule has 0 saturated carbocycles. The van der Waals surface area contributed by atoms with Gasteiger partial charge in [-0.25, -0.2) is 15.0 Å². The highest BCUT2D eigenvalue weighted by atomic mass is 16.5. The Bertz CT molecular complexity index is 2650. The maximum atomic E-state index is 9.02. The predicted molar refractivity (Wildman–Crippen MR) is 210 cm³/mol. The van der Waals surface area contributed by atoms with E-state index in [0.717, 1.165) is 60.9 Å². The summed E-state index contributed by atoms with van der Waals surface area (Å²) in [6, 6.07) is 60.8. The highest BCUT2D eigenvalue weighted by molar-refractivity contribution is 6.16. The van der Waals surface area contributed by atoms with Gasteiger partial charge in [-0.3, -0.25) is 5.41 Å². The zero-order valence-electron chi connectivity index (χ0n) is 28.0. The molecule has 0 amide bonds. The number of para-hydroxylation sites is 3. The third kappa shape index (κ3) is 5.78. The first kappa shape index (κ1) is 30.8. The molecule has 9 aromatic rings. The number of fused-ring (bicyclic) bond motifs is 3. The Hall–Kier alpha value is -7.18. The molecule has 246 valence electrons. The van der Waals surface area contributed by atoms with Crippen molar-refractivity contribution in [3.05, 3.63) is 188 Å². The zero-order chi connectivity index (χ0) is 34.9. The molecule has 6 nitrogen and oxygen atoms in total. The van der Waals surface area contributed by atoms with Crippen LogP contribution in [-0.4, -0.2) is 25.4 Å². The number of benzene rings is 7. The quantitative estimate of drug-likeness (QED) is 0.135. The first-order valence-corrected chi connectivity index (χ1v) is 17.1. The first-order chi connectivity index (χ1) is 25.7. The molecular formula is C46H31N5O. The van der Waals surface area contributed by atoms with Crippen molar-refractivity contribution in [2.75, 3.05) is 0 Å². The lowest BCUT2D eigenvalue weighted by atomic mass is 10.0. The summed E-state index contributed by atoms with van der Waals surface area (Å²) in [7, 11) is 0. The average Bonchev–Trinajstić information content (AvgIpc) is 3.56. The molecule has 0 aliphatic rings. The molecule has 2 aromatic heterocycles. The van der Waals surface area contributed by atoms with E-state index in [0.29, 0.717) is 23.2 Å². The second kappa shape index (κ2) is 13.3. The summed E-state index contributed by atoms with van der Waals surface area (Å²) in [6.07, 6.45) is 0. The van der Waals surface area contributed by atoms with Gasteiger partial charge in [-0.1, -0.05) is 146 Å². The maximum absolute atomic E-state index is 9.02. The molecule has 7 aromatic carbocycles. The number of nitrogens with zero attached hydrogens (tertiary/aromatic N) is 4. The Morgan fingerprint density at radius 1 is 0.442 bits per heavy atom. The fourth-order valence-electron chi connectivity index (χ4n) is 6.71. The van der Waals surface area contributed by atoms with Gasteiger partial charge in [-0.05, 0) is 47.5 Å². The molecule has 2 heterocycles. The second-order valence-electron chi connectivity index (χ2n) is 12.5. The summed E-state index contributed by atoms with van der Waals surface area (Å²) in [5.41, 5.74) is 8.60. The van der Waals surface area contributed by atoms with Crippen molar-refractivity contribution in [1.82, 2.24) is 19.5 Å². The molecule has 52 heavy (non-hydrogen) atoms. The van der Waals surface area contributed by atoms with Crippen molar-refractivity contribution in [2.24, 2.45) is 0 Å². The number of hydrogen-bond acceptors (Lipinski definition) is 5. The third-order valence-electron chi connectivity index (χ3n) is 9.18. The van der Waals surface area contributed by atoms with Gasteiger partial charge in [0.05, 0.1) is 16.6 Å². The van der Waals surface area contributed by atoms with Crippen LogP contribution in [0.5, 0.6) is 5.75 Å². The molecule has 0 fully saturated rings. The fraction of sp³-hybridized carbons (Fsp3) is 0. The van der Waals surface area contributed by atoms with Gasteiger partial charge in [0, 0.05) is 33.2 Å². The van der Waals surface area contributed by atoms with E-state index >= 15 is 0 Å². The summed E-state index contributed by atoms with van der Waals surface area (Å²) in [5.74, 6) is 2.60. The normalized spacial score (nSPS) is 11.2. The molecule has 9 rings (SSSR count). The number of nitrogens with one attached hydrogen (secondary N) is 1. The van der Waals surface area contributed by atoms with Crippen LogP contribution in [0.15, 0.2) is 182 Å². The van der Waals surface area contributed by atoms with Gasteiger partial charge in [0.1, 0.15) is 5.75 Å². The van der Waals surface area contributed by atoms with E-state index in [9.17, 15) is 0 Å². The van der Waals surface area contributed by atoms with E-state index in [1.54, 1.807) is 0 Å². The zero-order valence-corrected chi connectivity index (χ0v) is 28.0. The SMILES string of the molecule is N=C(Oc1ccccc1)c1cccc2c3ccccc3n(-c3cccc(-c4ccc(-c5nc(-c6ccccc6)nc(-c6ccccc6)n5)cc4)c3)c12. The van der Waals surface area contributed by atoms with Crippen LogP contribution in [0.25, 0.3) is 72.8 Å². The van der Waals surface area contributed by atoms with Crippen LogP contribution in [0.1, 0.15) is 5.56 Å². The van der Waals surface area contributed by atoms with Crippen molar-refractivity contribution in [1.29, 1.82) is 5.41 Å². The number of ether oxygens (including phenoxy) is 1. The summed E-state index contributed by atoms with van der Waals surface area (Å²) in [4.78, 5) is 14.6. The molecule has 0 saturated heterocycles. The Kier molecular flexibility index (Phi) is 7.87. The van der Waals surface area contributed by atoms with Crippen molar-refractivity contribution in [3.8, 4) is 56.7 Å². The standard InChI is InChI=1S/C46H31N5O/c47-43(52-37-20-8-3-9-21-37)40-24-13-23-39-38-22-10-11-25-41(38)51(42(39)40)36-19-12-18-35(30-36)31-26-28-34(29-27-31)46-49-44(32-14-4-1-5-15-32)48-45(50-46)33-16-6-2-7-17-33/h1-30,47H.